The largest absolute Gasteiger partial charge is 0.465 e. The van der Waals surface area contributed by atoms with Gasteiger partial charge in [0.05, 0.1) is 5.56 Å². The fraction of sp³-hybridized carbons (Fsp3) is 0.750. The molecule has 2 fully saturated rings. The number of furan rings is 1. The first-order chi connectivity index (χ1) is 12.0. The van der Waals surface area contributed by atoms with Crippen molar-refractivity contribution in [3.63, 3.8) is 0 Å². The molecule has 140 valence electrons. The molecule has 1 amide bonds. The van der Waals surface area contributed by atoms with Gasteiger partial charge in [0.15, 0.2) is 0 Å². The highest BCUT2D eigenvalue weighted by Crippen LogP contribution is 2.28. The lowest BCUT2D eigenvalue weighted by molar-refractivity contribution is 0.0464. The molecular weight excluding hydrogens is 316 g/mol. The predicted molar refractivity (Wildman–Crippen MR) is 97.8 cm³/mol. The molecule has 5 nitrogen and oxygen atoms in total. The number of aliphatic hydroxyl groups is 1. The van der Waals surface area contributed by atoms with Crippen LogP contribution >= 0.6 is 0 Å². The van der Waals surface area contributed by atoms with Crippen molar-refractivity contribution in [1.82, 2.24) is 9.80 Å². The molecule has 2 saturated heterocycles. The molecule has 0 radical (unpaired) electrons. The summed E-state index contributed by atoms with van der Waals surface area (Å²) in [7, 11) is 0. The first-order valence-electron chi connectivity index (χ1n) is 9.70. The van der Waals surface area contributed by atoms with Crippen LogP contribution in [0.15, 0.2) is 10.5 Å². The van der Waals surface area contributed by atoms with Gasteiger partial charge in [0.25, 0.3) is 5.91 Å². The van der Waals surface area contributed by atoms with E-state index in [0.29, 0.717) is 23.8 Å². The van der Waals surface area contributed by atoms with Crippen LogP contribution in [0.5, 0.6) is 0 Å². The maximum Gasteiger partial charge on any atom is 0.257 e. The third-order valence-electron chi connectivity index (χ3n) is 5.62. The molecule has 3 heterocycles. The molecule has 2 atom stereocenters. The molecule has 0 aromatic carbocycles. The van der Waals surface area contributed by atoms with E-state index in [0.717, 1.165) is 25.3 Å². The van der Waals surface area contributed by atoms with E-state index in [1.54, 1.807) is 0 Å². The number of aryl methyl sites for hydroxylation is 1. The van der Waals surface area contributed by atoms with Crippen LogP contribution in [0, 0.1) is 18.8 Å². The highest BCUT2D eigenvalue weighted by Gasteiger charge is 2.33. The molecule has 0 bridgehead atoms. The van der Waals surface area contributed by atoms with Crippen LogP contribution < -0.4 is 0 Å². The van der Waals surface area contributed by atoms with E-state index in [2.05, 4.69) is 18.7 Å². The summed E-state index contributed by atoms with van der Waals surface area (Å²) in [5, 5.41) is 9.70. The van der Waals surface area contributed by atoms with Crippen LogP contribution in [0.4, 0.5) is 0 Å². The van der Waals surface area contributed by atoms with Gasteiger partial charge in [-0.2, -0.15) is 0 Å². The Morgan fingerprint density at radius 3 is 2.56 bits per heavy atom. The van der Waals surface area contributed by atoms with Crippen molar-refractivity contribution in [1.29, 1.82) is 0 Å². The number of likely N-dealkylation sites (tertiary alicyclic amines) is 2. The van der Waals surface area contributed by atoms with E-state index in [9.17, 15) is 9.90 Å². The van der Waals surface area contributed by atoms with Gasteiger partial charge >= 0.3 is 0 Å². The van der Waals surface area contributed by atoms with Crippen molar-refractivity contribution in [2.45, 2.75) is 46.0 Å². The maximum absolute atomic E-state index is 13.1. The first-order valence-corrected chi connectivity index (χ1v) is 9.70. The monoisotopic (exact) mass is 348 g/mol. The number of hydrogen-bond donors (Lipinski definition) is 1. The van der Waals surface area contributed by atoms with Gasteiger partial charge in [-0.05, 0) is 57.2 Å². The normalized spacial score (nSPS) is 25.1. The van der Waals surface area contributed by atoms with Gasteiger partial charge in [0.1, 0.15) is 11.5 Å². The number of amides is 1. The fourth-order valence-corrected chi connectivity index (χ4v) is 4.25. The van der Waals surface area contributed by atoms with Gasteiger partial charge in [-0.3, -0.25) is 4.79 Å². The number of nitrogens with zero attached hydrogens (tertiary/aromatic N) is 2. The van der Waals surface area contributed by atoms with E-state index >= 15 is 0 Å². The van der Waals surface area contributed by atoms with Gasteiger partial charge in [-0.1, -0.05) is 13.8 Å². The highest BCUT2D eigenvalue weighted by molar-refractivity contribution is 5.95. The Kier molecular flexibility index (Phi) is 5.85. The molecule has 25 heavy (non-hydrogen) atoms. The second kappa shape index (κ2) is 7.92. The molecule has 2 aliphatic heterocycles. The van der Waals surface area contributed by atoms with Gasteiger partial charge in [-0.25, -0.2) is 0 Å². The molecular formula is C20H32N2O3. The van der Waals surface area contributed by atoms with Gasteiger partial charge < -0.3 is 19.3 Å². The van der Waals surface area contributed by atoms with Crippen LogP contribution in [0.2, 0.25) is 0 Å². The maximum atomic E-state index is 13.1. The average Bonchev–Trinajstić information content (AvgIpc) is 3.23. The van der Waals surface area contributed by atoms with E-state index in [-0.39, 0.29) is 24.3 Å². The van der Waals surface area contributed by atoms with Crippen LogP contribution in [0.3, 0.4) is 0 Å². The number of piperidine rings is 1. The fourth-order valence-electron chi connectivity index (χ4n) is 4.25. The first kappa shape index (κ1) is 18.5. The molecule has 0 spiro atoms. The molecule has 0 aliphatic carbocycles. The molecule has 1 aromatic rings. The van der Waals surface area contributed by atoms with Crippen LogP contribution in [0.1, 0.15) is 60.9 Å². The number of rotatable bonds is 5. The van der Waals surface area contributed by atoms with Gasteiger partial charge in [-0.15, -0.1) is 0 Å². The van der Waals surface area contributed by atoms with Crippen molar-refractivity contribution in [3.05, 3.63) is 23.2 Å². The zero-order chi connectivity index (χ0) is 18.0. The van der Waals surface area contributed by atoms with E-state index in [4.69, 9.17) is 4.42 Å². The quantitative estimate of drug-likeness (QED) is 0.889. The van der Waals surface area contributed by atoms with E-state index < -0.39 is 0 Å². The van der Waals surface area contributed by atoms with Crippen LogP contribution in [-0.2, 0) is 0 Å². The Bertz CT molecular complexity index is 590. The van der Waals surface area contributed by atoms with Crippen molar-refractivity contribution in [2.24, 2.45) is 11.8 Å². The summed E-state index contributed by atoms with van der Waals surface area (Å²) in [5.41, 5.74) is 0.683. The molecule has 5 heteroatoms. The lowest BCUT2D eigenvalue weighted by Crippen LogP contribution is -2.47. The van der Waals surface area contributed by atoms with Crippen molar-refractivity contribution >= 4 is 5.91 Å². The van der Waals surface area contributed by atoms with Gasteiger partial charge in [0, 0.05) is 32.2 Å². The highest BCUT2D eigenvalue weighted by atomic mass is 16.3. The molecule has 3 rings (SSSR count). The summed E-state index contributed by atoms with van der Waals surface area (Å²) in [6.45, 7) is 11.0. The standard InChI is InChI=1S/C20H32N2O3/c1-14(2)19-9-18(15(3)25-19)20(24)22-11-16(8-17(12-22)13-23)10-21-6-4-5-7-21/h9,14,16-17,23H,4-8,10-13H2,1-3H3/t16-,17+/m1/s1. The van der Waals surface area contributed by atoms with Crippen LogP contribution in [-0.4, -0.2) is 60.1 Å². The third kappa shape index (κ3) is 4.26. The lowest BCUT2D eigenvalue weighted by atomic mass is 9.88. The lowest BCUT2D eigenvalue weighted by Gasteiger charge is -2.38. The average molecular weight is 348 g/mol. The zero-order valence-electron chi connectivity index (χ0n) is 15.8. The molecule has 1 aromatic heterocycles. The smallest absolute Gasteiger partial charge is 0.257 e. The number of carbonyl (C=O) groups excluding carboxylic acids is 1. The SMILES string of the molecule is Cc1oc(C(C)C)cc1C(=O)N1C[C@@H](CN2CCCC2)C[C@H](CO)C1. The Labute approximate surface area is 151 Å². The summed E-state index contributed by atoms with van der Waals surface area (Å²) < 4.78 is 5.77. The number of hydrogen-bond acceptors (Lipinski definition) is 4. The minimum Gasteiger partial charge on any atom is -0.465 e. The Morgan fingerprint density at radius 2 is 1.96 bits per heavy atom. The Balaban J connectivity index is 1.71. The molecule has 0 unspecified atom stereocenters. The number of aliphatic hydroxyl groups excluding tert-OH is 1. The van der Waals surface area contributed by atoms with Gasteiger partial charge in [0.2, 0.25) is 0 Å². The van der Waals surface area contributed by atoms with Crippen molar-refractivity contribution < 1.29 is 14.3 Å². The van der Waals surface area contributed by atoms with Crippen LogP contribution in [0.25, 0.3) is 0 Å². The summed E-state index contributed by atoms with van der Waals surface area (Å²) in [6, 6.07) is 1.90. The summed E-state index contributed by atoms with van der Waals surface area (Å²) in [6.07, 6.45) is 3.58. The Morgan fingerprint density at radius 1 is 1.28 bits per heavy atom. The Hall–Kier alpha value is -1.33. The zero-order valence-corrected chi connectivity index (χ0v) is 15.8. The second-order valence-corrected chi connectivity index (χ2v) is 8.14. The molecule has 1 N–H and O–H groups in total. The minimum atomic E-state index is 0.0534. The molecule has 2 aliphatic rings. The molecule has 0 saturated carbocycles. The van der Waals surface area contributed by atoms with Crippen molar-refractivity contribution in [2.75, 3.05) is 39.3 Å². The summed E-state index contributed by atoms with van der Waals surface area (Å²) in [5.74, 6) is 2.53. The third-order valence-corrected chi connectivity index (χ3v) is 5.62. The topological polar surface area (TPSA) is 56.9 Å². The number of carbonyl (C=O) groups is 1. The van der Waals surface area contributed by atoms with Crippen molar-refractivity contribution in [3.8, 4) is 0 Å². The minimum absolute atomic E-state index is 0.0534. The van der Waals surface area contributed by atoms with E-state index in [1.165, 1.54) is 25.9 Å². The predicted octanol–water partition coefficient (Wildman–Crippen LogP) is 2.88. The second-order valence-electron chi connectivity index (χ2n) is 8.14. The van der Waals surface area contributed by atoms with E-state index in [1.807, 2.05) is 17.9 Å². The summed E-state index contributed by atoms with van der Waals surface area (Å²) >= 11 is 0. The summed E-state index contributed by atoms with van der Waals surface area (Å²) in [4.78, 5) is 17.5.